The number of aryl methyl sites for hydroxylation is 1. The molecule has 1 heterocycles. The molecule has 0 bridgehead atoms. The normalized spacial score (nSPS) is 11.2. The molecule has 0 unspecified atom stereocenters. The van der Waals surface area contributed by atoms with Crippen LogP contribution in [0.15, 0.2) is 77.9 Å². The number of hydrogen-bond acceptors (Lipinski definition) is 4. The zero-order chi connectivity index (χ0) is 19.5. The molecule has 0 saturated heterocycles. The highest BCUT2D eigenvalue weighted by molar-refractivity contribution is 7.22. The molecule has 138 valence electrons. The largest absolute Gasteiger partial charge is 0.280 e. The number of amides is 1. The van der Waals surface area contributed by atoms with Crippen molar-refractivity contribution in [2.24, 2.45) is 5.10 Å². The van der Waals surface area contributed by atoms with Crippen molar-refractivity contribution in [3.05, 3.63) is 95.3 Å². The lowest BCUT2D eigenvalue weighted by Crippen LogP contribution is -2.25. The van der Waals surface area contributed by atoms with Crippen LogP contribution in [0, 0.1) is 12.7 Å². The molecule has 0 radical (unpaired) electrons. The fourth-order valence-electron chi connectivity index (χ4n) is 2.68. The van der Waals surface area contributed by atoms with Gasteiger partial charge < -0.3 is 0 Å². The van der Waals surface area contributed by atoms with E-state index in [9.17, 15) is 9.18 Å². The van der Waals surface area contributed by atoms with Crippen LogP contribution in [0.25, 0.3) is 10.2 Å². The number of anilines is 1. The van der Waals surface area contributed by atoms with Crippen molar-refractivity contribution in [1.29, 1.82) is 0 Å². The number of benzene rings is 3. The molecule has 0 aliphatic rings. The summed E-state index contributed by atoms with van der Waals surface area (Å²) in [7, 11) is 0. The van der Waals surface area contributed by atoms with Crippen molar-refractivity contribution >= 4 is 38.8 Å². The summed E-state index contributed by atoms with van der Waals surface area (Å²) in [6, 6.07) is 20.8. The first kappa shape index (κ1) is 18.0. The summed E-state index contributed by atoms with van der Waals surface area (Å²) in [5.41, 5.74) is 3.13. The first-order valence-corrected chi connectivity index (χ1v) is 9.48. The minimum Gasteiger partial charge on any atom is -0.267 e. The fraction of sp³-hybridized carbons (Fsp3) is 0.0455. The summed E-state index contributed by atoms with van der Waals surface area (Å²) >= 11 is 1.40. The number of thiazole rings is 1. The van der Waals surface area contributed by atoms with Crippen LogP contribution >= 0.6 is 11.3 Å². The van der Waals surface area contributed by atoms with Crippen molar-refractivity contribution in [1.82, 2.24) is 4.98 Å². The molecule has 0 aliphatic carbocycles. The Hall–Kier alpha value is -3.38. The first-order chi connectivity index (χ1) is 13.6. The number of carbonyl (C=O) groups excluding carboxylic acids is 1. The van der Waals surface area contributed by atoms with Crippen LogP contribution in [-0.2, 0) is 0 Å². The van der Waals surface area contributed by atoms with E-state index in [1.807, 2.05) is 31.2 Å². The summed E-state index contributed by atoms with van der Waals surface area (Å²) in [5.74, 6) is -0.606. The van der Waals surface area contributed by atoms with Gasteiger partial charge in [-0.15, -0.1) is 0 Å². The van der Waals surface area contributed by atoms with Crippen molar-refractivity contribution in [2.75, 3.05) is 5.01 Å². The minimum absolute atomic E-state index is 0.283. The van der Waals surface area contributed by atoms with Crippen LogP contribution in [0.5, 0.6) is 0 Å². The Morgan fingerprint density at radius 3 is 2.57 bits per heavy atom. The number of hydrazone groups is 1. The summed E-state index contributed by atoms with van der Waals surface area (Å²) in [6.07, 6.45) is 1.53. The molecule has 0 spiro atoms. The molecule has 0 aliphatic heterocycles. The Labute approximate surface area is 165 Å². The molecule has 4 aromatic rings. The minimum atomic E-state index is -0.323. The molecule has 0 saturated carbocycles. The number of halogens is 1. The van der Waals surface area contributed by atoms with Gasteiger partial charge in [0.1, 0.15) is 5.82 Å². The highest BCUT2D eigenvalue weighted by Crippen LogP contribution is 2.30. The van der Waals surface area contributed by atoms with E-state index in [2.05, 4.69) is 10.1 Å². The monoisotopic (exact) mass is 389 g/mol. The maximum Gasteiger partial charge on any atom is 0.280 e. The van der Waals surface area contributed by atoms with Crippen molar-refractivity contribution in [3.63, 3.8) is 0 Å². The number of fused-ring (bicyclic) bond motifs is 1. The first-order valence-electron chi connectivity index (χ1n) is 8.66. The predicted octanol–water partition coefficient (Wildman–Crippen LogP) is 5.42. The summed E-state index contributed by atoms with van der Waals surface area (Å²) < 4.78 is 14.1. The van der Waals surface area contributed by atoms with E-state index >= 15 is 0 Å². The second-order valence-electron chi connectivity index (χ2n) is 6.25. The molecule has 28 heavy (non-hydrogen) atoms. The van der Waals surface area contributed by atoms with Crippen molar-refractivity contribution in [3.8, 4) is 0 Å². The highest BCUT2D eigenvalue weighted by atomic mass is 32.1. The van der Waals surface area contributed by atoms with Crippen molar-refractivity contribution < 1.29 is 9.18 Å². The highest BCUT2D eigenvalue weighted by Gasteiger charge is 2.20. The van der Waals surface area contributed by atoms with E-state index in [-0.39, 0.29) is 11.7 Å². The predicted molar refractivity (Wildman–Crippen MR) is 112 cm³/mol. The van der Waals surface area contributed by atoms with Crippen LogP contribution < -0.4 is 5.01 Å². The summed E-state index contributed by atoms with van der Waals surface area (Å²) in [5, 5.41) is 6.14. The lowest BCUT2D eigenvalue weighted by Gasteiger charge is -2.13. The van der Waals surface area contributed by atoms with Gasteiger partial charge in [0.2, 0.25) is 5.13 Å². The second kappa shape index (κ2) is 7.70. The zero-order valence-electron chi connectivity index (χ0n) is 15.0. The Morgan fingerprint density at radius 2 is 1.82 bits per heavy atom. The Morgan fingerprint density at radius 1 is 1.07 bits per heavy atom. The molecule has 4 rings (SSSR count). The molecule has 1 aromatic heterocycles. The number of carbonyl (C=O) groups is 1. The molecule has 3 aromatic carbocycles. The molecule has 1 amide bonds. The molecule has 0 atom stereocenters. The van der Waals surface area contributed by atoms with Crippen LogP contribution in [0.2, 0.25) is 0 Å². The average Bonchev–Trinajstić information content (AvgIpc) is 3.13. The van der Waals surface area contributed by atoms with E-state index in [0.717, 1.165) is 15.8 Å². The van der Waals surface area contributed by atoms with Gasteiger partial charge in [-0.2, -0.15) is 10.1 Å². The molecule has 4 nitrogen and oxygen atoms in total. The number of hydrogen-bond donors (Lipinski definition) is 0. The van der Waals surface area contributed by atoms with Crippen molar-refractivity contribution in [2.45, 2.75) is 6.92 Å². The topological polar surface area (TPSA) is 45.6 Å². The quantitative estimate of drug-likeness (QED) is 0.345. The lowest BCUT2D eigenvalue weighted by atomic mass is 10.2. The van der Waals surface area contributed by atoms with Gasteiger partial charge in [-0.25, -0.2) is 9.37 Å². The summed E-state index contributed by atoms with van der Waals surface area (Å²) in [4.78, 5) is 17.7. The van der Waals surface area contributed by atoms with E-state index in [0.29, 0.717) is 16.3 Å². The second-order valence-corrected chi connectivity index (χ2v) is 7.26. The lowest BCUT2D eigenvalue weighted by molar-refractivity contribution is 0.0988. The maximum absolute atomic E-state index is 13.1. The molecule has 0 fully saturated rings. The fourth-order valence-corrected chi connectivity index (χ4v) is 3.70. The standard InChI is InChI=1S/C22H16FN3OS/c1-15-7-12-19-20(13-15)28-22(25-19)26(21(27)17-5-3-2-4-6-17)24-14-16-8-10-18(23)11-9-16/h2-14H,1H3/b24-14+. The van der Waals surface area contributed by atoms with Gasteiger partial charge in [-0.05, 0) is 54.4 Å². The third kappa shape index (κ3) is 3.82. The number of nitrogens with zero attached hydrogens (tertiary/aromatic N) is 3. The third-order valence-electron chi connectivity index (χ3n) is 4.12. The third-order valence-corrected chi connectivity index (χ3v) is 5.11. The zero-order valence-corrected chi connectivity index (χ0v) is 15.9. The van der Waals surface area contributed by atoms with Crippen LogP contribution in [0.4, 0.5) is 9.52 Å². The van der Waals surface area contributed by atoms with Gasteiger partial charge in [-0.1, -0.05) is 47.7 Å². The Balaban J connectivity index is 1.75. The van der Waals surface area contributed by atoms with E-state index < -0.39 is 0 Å². The average molecular weight is 389 g/mol. The van der Waals surface area contributed by atoms with Gasteiger partial charge in [0.05, 0.1) is 16.4 Å². The van der Waals surface area contributed by atoms with Gasteiger partial charge in [-0.3, -0.25) is 4.79 Å². The van der Waals surface area contributed by atoms with Gasteiger partial charge in [0.15, 0.2) is 0 Å². The number of aromatic nitrogens is 1. The van der Waals surface area contributed by atoms with E-state index in [1.54, 1.807) is 36.4 Å². The molecular weight excluding hydrogens is 373 g/mol. The van der Waals surface area contributed by atoms with E-state index in [1.165, 1.54) is 34.7 Å². The van der Waals surface area contributed by atoms with Gasteiger partial charge >= 0.3 is 0 Å². The molecule has 0 N–H and O–H groups in total. The van der Waals surface area contributed by atoms with E-state index in [4.69, 9.17) is 0 Å². The maximum atomic E-state index is 13.1. The van der Waals surface area contributed by atoms with Crippen LogP contribution in [0.1, 0.15) is 21.5 Å². The number of rotatable bonds is 4. The molecular formula is C22H16FN3OS. The molecule has 6 heteroatoms. The van der Waals surface area contributed by atoms with Gasteiger partial charge in [0.25, 0.3) is 5.91 Å². The van der Waals surface area contributed by atoms with Gasteiger partial charge in [0, 0.05) is 5.56 Å². The Bertz CT molecular complexity index is 1150. The van der Waals surface area contributed by atoms with Crippen LogP contribution in [-0.4, -0.2) is 17.1 Å². The Kier molecular flexibility index (Phi) is 4.95. The van der Waals surface area contributed by atoms with Crippen LogP contribution in [0.3, 0.4) is 0 Å². The smallest absolute Gasteiger partial charge is 0.267 e. The SMILES string of the molecule is Cc1ccc2nc(N(/N=C/c3ccc(F)cc3)C(=O)c3ccccc3)sc2c1. The summed E-state index contributed by atoms with van der Waals surface area (Å²) in [6.45, 7) is 2.01.